The van der Waals surface area contributed by atoms with Crippen LogP contribution in [0.1, 0.15) is 40.0 Å². The van der Waals surface area contributed by atoms with Crippen LogP contribution in [0.4, 0.5) is 0 Å². The average molecular weight is 241 g/mol. The zero-order valence-electron chi connectivity index (χ0n) is 12.2. The molecule has 3 heteroatoms. The largest absolute Gasteiger partial charge is 0.315 e. The summed E-state index contributed by atoms with van der Waals surface area (Å²) in [6, 6.07) is 1.45. The van der Waals surface area contributed by atoms with Gasteiger partial charge in [0.15, 0.2) is 0 Å². The van der Waals surface area contributed by atoms with E-state index in [0.29, 0.717) is 6.04 Å². The maximum Gasteiger partial charge on any atom is 0.0218 e. The van der Waals surface area contributed by atoms with Crippen LogP contribution >= 0.6 is 0 Å². The van der Waals surface area contributed by atoms with E-state index in [9.17, 15) is 0 Å². The summed E-state index contributed by atoms with van der Waals surface area (Å²) in [5.41, 5.74) is 0. The predicted molar refractivity (Wildman–Crippen MR) is 75.5 cm³/mol. The third-order valence-corrected chi connectivity index (χ3v) is 4.00. The van der Waals surface area contributed by atoms with Gasteiger partial charge in [0.2, 0.25) is 0 Å². The second-order valence-corrected chi connectivity index (χ2v) is 5.44. The van der Waals surface area contributed by atoms with Gasteiger partial charge in [-0.2, -0.15) is 0 Å². The summed E-state index contributed by atoms with van der Waals surface area (Å²) in [5.74, 6) is 0. The molecule has 0 saturated carbocycles. The number of nitrogens with one attached hydrogen (secondary N) is 1. The molecule has 0 bridgehead atoms. The summed E-state index contributed by atoms with van der Waals surface area (Å²) >= 11 is 0. The van der Waals surface area contributed by atoms with Crippen LogP contribution in [0.15, 0.2) is 0 Å². The number of likely N-dealkylation sites (N-methyl/N-ethyl adjacent to an activating group) is 1. The first-order valence-corrected chi connectivity index (χ1v) is 7.33. The maximum absolute atomic E-state index is 3.48. The molecule has 1 fully saturated rings. The molecule has 0 radical (unpaired) electrons. The Labute approximate surface area is 108 Å². The van der Waals surface area contributed by atoms with Crippen LogP contribution in [0.2, 0.25) is 0 Å². The smallest absolute Gasteiger partial charge is 0.0218 e. The molecule has 2 atom stereocenters. The highest BCUT2D eigenvalue weighted by Crippen LogP contribution is 2.11. The van der Waals surface area contributed by atoms with Gasteiger partial charge in [-0.15, -0.1) is 0 Å². The summed E-state index contributed by atoms with van der Waals surface area (Å²) < 4.78 is 0. The summed E-state index contributed by atoms with van der Waals surface area (Å²) in [7, 11) is 2.26. The van der Waals surface area contributed by atoms with E-state index in [4.69, 9.17) is 0 Å². The van der Waals surface area contributed by atoms with E-state index in [1.54, 1.807) is 0 Å². The van der Waals surface area contributed by atoms with Crippen LogP contribution in [0, 0.1) is 0 Å². The zero-order chi connectivity index (χ0) is 12.7. The van der Waals surface area contributed by atoms with Gasteiger partial charge in [-0.25, -0.2) is 0 Å². The Kier molecular flexibility index (Phi) is 7.09. The van der Waals surface area contributed by atoms with Crippen LogP contribution in [0.25, 0.3) is 0 Å². The molecule has 2 unspecified atom stereocenters. The van der Waals surface area contributed by atoms with Gasteiger partial charge in [0, 0.05) is 31.7 Å². The van der Waals surface area contributed by atoms with Crippen molar-refractivity contribution in [2.45, 2.75) is 52.1 Å². The molecule has 0 aromatic carbocycles. The monoisotopic (exact) mass is 241 g/mol. The third kappa shape index (κ3) is 5.36. The molecular formula is C14H31N3. The lowest BCUT2D eigenvalue weighted by molar-refractivity contribution is 0.0916. The van der Waals surface area contributed by atoms with Crippen molar-refractivity contribution in [2.24, 2.45) is 0 Å². The van der Waals surface area contributed by atoms with Crippen molar-refractivity contribution in [3.05, 3.63) is 0 Å². The first-order valence-electron chi connectivity index (χ1n) is 7.33. The minimum absolute atomic E-state index is 0.675. The Hall–Kier alpha value is -0.120. The highest BCUT2D eigenvalue weighted by molar-refractivity contribution is 4.79. The highest BCUT2D eigenvalue weighted by atomic mass is 15.3. The van der Waals surface area contributed by atoms with Crippen molar-refractivity contribution in [3.8, 4) is 0 Å². The Morgan fingerprint density at radius 1 is 1.29 bits per heavy atom. The lowest BCUT2D eigenvalue weighted by atomic mass is 10.1. The number of rotatable bonds is 7. The second kappa shape index (κ2) is 8.06. The number of piperazine rings is 1. The Balaban J connectivity index is 2.15. The van der Waals surface area contributed by atoms with E-state index in [1.165, 1.54) is 45.4 Å². The van der Waals surface area contributed by atoms with E-state index < -0.39 is 0 Å². The molecule has 102 valence electrons. The Morgan fingerprint density at radius 3 is 2.71 bits per heavy atom. The third-order valence-electron chi connectivity index (χ3n) is 4.00. The van der Waals surface area contributed by atoms with Crippen LogP contribution in [0.5, 0.6) is 0 Å². The van der Waals surface area contributed by atoms with Crippen LogP contribution in [-0.4, -0.2) is 61.7 Å². The molecule has 1 aliphatic heterocycles. The lowest BCUT2D eigenvalue weighted by Crippen LogP contribution is -2.51. The topological polar surface area (TPSA) is 18.5 Å². The predicted octanol–water partition coefficient (Wildman–Crippen LogP) is 1.79. The molecule has 1 saturated heterocycles. The Morgan fingerprint density at radius 2 is 2.06 bits per heavy atom. The fraction of sp³-hybridized carbons (Fsp3) is 1.00. The van der Waals surface area contributed by atoms with Gasteiger partial charge in [-0.05, 0) is 46.3 Å². The van der Waals surface area contributed by atoms with E-state index in [2.05, 4.69) is 42.9 Å². The molecular weight excluding hydrogens is 210 g/mol. The van der Waals surface area contributed by atoms with Gasteiger partial charge in [0.25, 0.3) is 0 Å². The van der Waals surface area contributed by atoms with Crippen molar-refractivity contribution >= 4 is 0 Å². The molecule has 1 rings (SSSR count). The first-order chi connectivity index (χ1) is 8.17. The van der Waals surface area contributed by atoms with E-state index >= 15 is 0 Å². The van der Waals surface area contributed by atoms with Gasteiger partial charge in [0.1, 0.15) is 0 Å². The van der Waals surface area contributed by atoms with E-state index in [-0.39, 0.29) is 0 Å². The van der Waals surface area contributed by atoms with E-state index in [1.807, 2.05) is 0 Å². The molecule has 0 aromatic rings. The molecule has 0 aliphatic carbocycles. The van der Waals surface area contributed by atoms with Crippen molar-refractivity contribution in [1.82, 2.24) is 15.1 Å². The van der Waals surface area contributed by atoms with Gasteiger partial charge in [-0.1, -0.05) is 13.8 Å². The van der Waals surface area contributed by atoms with Crippen LogP contribution in [0.3, 0.4) is 0 Å². The molecule has 17 heavy (non-hydrogen) atoms. The summed E-state index contributed by atoms with van der Waals surface area (Å²) in [6.45, 7) is 12.9. The summed E-state index contributed by atoms with van der Waals surface area (Å²) in [5, 5.41) is 3.48. The summed E-state index contributed by atoms with van der Waals surface area (Å²) in [4.78, 5) is 5.16. The normalized spacial score (nSPS) is 25.1. The molecule has 1 heterocycles. The van der Waals surface area contributed by atoms with Gasteiger partial charge >= 0.3 is 0 Å². The van der Waals surface area contributed by atoms with Gasteiger partial charge < -0.3 is 15.1 Å². The van der Waals surface area contributed by atoms with Crippen LogP contribution < -0.4 is 5.32 Å². The lowest BCUT2D eigenvalue weighted by Gasteiger charge is -2.39. The molecule has 1 aliphatic rings. The minimum atomic E-state index is 0.675. The van der Waals surface area contributed by atoms with Gasteiger partial charge in [-0.3, -0.25) is 0 Å². The maximum atomic E-state index is 3.48. The highest BCUT2D eigenvalue weighted by Gasteiger charge is 2.22. The number of hydrogen-bond acceptors (Lipinski definition) is 3. The van der Waals surface area contributed by atoms with Crippen molar-refractivity contribution in [1.29, 1.82) is 0 Å². The standard InChI is InChI=1S/C14H31N3/c1-5-14-12-17(11-10-16(14)4)9-7-8-13(3)15-6-2/h13-15H,5-12H2,1-4H3. The van der Waals surface area contributed by atoms with Crippen LogP contribution in [-0.2, 0) is 0 Å². The summed E-state index contributed by atoms with van der Waals surface area (Å²) in [6.07, 6.45) is 3.91. The molecule has 3 nitrogen and oxygen atoms in total. The molecule has 0 spiro atoms. The molecule has 1 N–H and O–H groups in total. The SMILES string of the molecule is CCNC(C)CCCN1CCN(C)C(CC)C1. The van der Waals surface area contributed by atoms with Crippen molar-refractivity contribution in [3.63, 3.8) is 0 Å². The minimum Gasteiger partial charge on any atom is -0.315 e. The quantitative estimate of drug-likeness (QED) is 0.733. The first kappa shape index (κ1) is 14.9. The Bertz CT molecular complexity index is 196. The fourth-order valence-electron chi connectivity index (χ4n) is 2.73. The van der Waals surface area contributed by atoms with Crippen molar-refractivity contribution < 1.29 is 0 Å². The molecule has 0 aromatic heterocycles. The fourth-order valence-corrected chi connectivity index (χ4v) is 2.73. The van der Waals surface area contributed by atoms with E-state index in [0.717, 1.165) is 12.6 Å². The van der Waals surface area contributed by atoms with Crippen molar-refractivity contribution in [2.75, 3.05) is 39.8 Å². The van der Waals surface area contributed by atoms with Gasteiger partial charge in [0.05, 0.1) is 0 Å². The molecule has 0 amide bonds. The number of nitrogens with zero attached hydrogens (tertiary/aromatic N) is 2. The second-order valence-electron chi connectivity index (χ2n) is 5.44. The zero-order valence-corrected chi connectivity index (χ0v) is 12.2. The average Bonchev–Trinajstić information content (AvgIpc) is 2.31. The number of hydrogen-bond donors (Lipinski definition) is 1.